The third kappa shape index (κ3) is 4.02. The number of rotatable bonds is 6. The average molecular weight is 371 g/mol. The molecular formula is C18H18FN5OS. The molecule has 1 amide bonds. The predicted molar refractivity (Wildman–Crippen MR) is 99.6 cm³/mol. The number of amides is 1. The van der Waals surface area contributed by atoms with Crippen molar-refractivity contribution in [1.82, 2.24) is 14.3 Å². The Morgan fingerprint density at radius 1 is 1.27 bits per heavy atom. The summed E-state index contributed by atoms with van der Waals surface area (Å²) in [5, 5.41) is 3.92. The Bertz CT molecular complexity index is 923. The highest BCUT2D eigenvalue weighted by atomic mass is 32.1. The highest BCUT2D eigenvalue weighted by molar-refractivity contribution is 7.09. The lowest BCUT2D eigenvalue weighted by atomic mass is 9.85. The van der Waals surface area contributed by atoms with Gasteiger partial charge in [-0.1, -0.05) is 26.0 Å². The van der Waals surface area contributed by atoms with E-state index in [1.54, 1.807) is 24.4 Å². The summed E-state index contributed by atoms with van der Waals surface area (Å²) >= 11 is 1.22. The number of aromatic nitrogens is 3. The second-order valence-electron chi connectivity index (χ2n) is 6.49. The second kappa shape index (κ2) is 7.17. The SMILES string of the molecule is CC(C)(CNc1nc(-c2cncc(C(N)=O)c2)ns1)c1ccc(F)cc1. The van der Waals surface area contributed by atoms with Crippen LogP contribution in [0.15, 0.2) is 42.7 Å². The summed E-state index contributed by atoms with van der Waals surface area (Å²) in [6.45, 7) is 4.73. The molecule has 1 aromatic carbocycles. The number of nitrogens with two attached hydrogens (primary N) is 1. The maximum atomic E-state index is 13.1. The molecule has 0 unspecified atom stereocenters. The maximum Gasteiger partial charge on any atom is 0.250 e. The zero-order valence-electron chi connectivity index (χ0n) is 14.4. The molecule has 134 valence electrons. The molecule has 0 spiro atoms. The molecule has 0 aliphatic carbocycles. The van der Waals surface area contributed by atoms with Crippen molar-refractivity contribution in [1.29, 1.82) is 0 Å². The van der Waals surface area contributed by atoms with Gasteiger partial charge in [0.15, 0.2) is 5.82 Å². The lowest BCUT2D eigenvalue weighted by Crippen LogP contribution is -2.27. The highest BCUT2D eigenvalue weighted by Gasteiger charge is 2.21. The van der Waals surface area contributed by atoms with Crippen LogP contribution in [0.3, 0.4) is 0 Å². The van der Waals surface area contributed by atoms with Gasteiger partial charge in [-0.25, -0.2) is 4.39 Å². The third-order valence-corrected chi connectivity index (χ3v) is 4.69. The molecule has 0 saturated heterocycles. The van der Waals surface area contributed by atoms with Crippen molar-refractivity contribution < 1.29 is 9.18 Å². The van der Waals surface area contributed by atoms with Crippen molar-refractivity contribution in [2.75, 3.05) is 11.9 Å². The topological polar surface area (TPSA) is 93.8 Å². The van der Waals surface area contributed by atoms with Crippen molar-refractivity contribution in [3.8, 4) is 11.4 Å². The van der Waals surface area contributed by atoms with E-state index in [4.69, 9.17) is 5.73 Å². The normalized spacial score (nSPS) is 11.3. The minimum atomic E-state index is -0.547. The van der Waals surface area contributed by atoms with Crippen molar-refractivity contribution in [3.63, 3.8) is 0 Å². The molecule has 26 heavy (non-hydrogen) atoms. The van der Waals surface area contributed by atoms with E-state index in [0.717, 1.165) is 5.56 Å². The van der Waals surface area contributed by atoms with Crippen molar-refractivity contribution in [2.45, 2.75) is 19.3 Å². The summed E-state index contributed by atoms with van der Waals surface area (Å²) < 4.78 is 17.4. The van der Waals surface area contributed by atoms with Gasteiger partial charge in [-0.05, 0) is 23.8 Å². The Balaban J connectivity index is 1.71. The third-order valence-electron chi connectivity index (χ3n) is 4.01. The lowest BCUT2D eigenvalue weighted by Gasteiger charge is -2.25. The van der Waals surface area contributed by atoms with Gasteiger partial charge in [0, 0.05) is 41.4 Å². The Hall–Kier alpha value is -2.87. The summed E-state index contributed by atoms with van der Waals surface area (Å²) in [5.41, 5.74) is 7.02. The highest BCUT2D eigenvalue weighted by Crippen LogP contribution is 2.26. The first-order chi connectivity index (χ1) is 12.3. The van der Waals surface area contributed by atoms with E-state index in [2.05, 4.69) is 33.5 Å². The van der Waals surface area contributed by atoms with E-state index >= 15 is 0 Å². The number of carbonyl (C=O) groups is 1. The van der Waals surface area contributed by atoms with E-state index in [0.29, 0.717) is 28.6 Å². The van der Waals surface area contributed by atoms with Crippen LogP contribution in [0, 0.1) is 5.82 Å². The van der Waals surface area contributed by atoms with Crippen LogP contribution in [0.4, 0.5) is 9.52 Å². The molecule has 3 rings (SSSR count). The first kappa shape index (κ1) is 17.9. The molecular weight excluding hydrogens is 353 g/mol. The fourth-order valence-electron chi connectivity index (χ4n) is 2.41. The molecule has 0 aliphatic rings. The summed E-state index contributed by atoms with van der Waals surface area (Å²) in [5.74, 6) is -0.320. The smallest absolute Gasteiger partial charge is 0.250 e. The first-order valence-corrected chi connectivity index (χ1v) is 8.71. The molecule has 8 heteroatoms. The minimum Gasteiger partial charge on any atom is -0.366 e. The Labute approximate surface area is 154 Å². The monoisotopic (exact) mass is 371 g/mol. The van der Waals surface area contributed by atoms with Gasteiger partial charge in [0.25, 0.3) is 0 Å². The molecule has 0 aliphatic heterocycles. The molecule has 0 radical (unpaired) electrons. The van der Waals surface area contributed by atoms with Crippen LogP contribution in [0.2, 0.25) is 0 Å². The Morgan fingerprint density at radius 2 is 2.00 bits per heavy atom. The Kier molecular flexibility index (Phi) is 4.94. The van der Waals surface area contributed by atoms with Crippen molar-refractivity contribution >= 4 is 22.6 Å². The van der Waals surface area contributed by atoms with Crippen molar-refractivity contribution in [3.05, 3.63) is 59.7 Å². The standard InChI is InChI=1S/C18H18FN5OS/c1-18(2,13-3-5-14(19)6-4-13)10-22-17-23-16(24-26-17)12-7-11(15(20)25)8-21-9-12/h3-9H,10H2,1-2H3,(H2,20,25)(H,22,23,24). The van der Waals surface area contributed by atoms with E-state index in [1.165, 1.54) is 29.9 Å². The van der Waals surface area contributed by atoms with Gasteiger partial charge in [-0.15, -0.1) is 0 Å². The zero-order chi connectivity index (χ0) is 18.7. The fourth-order valence-corrected chi connectivity index (χ4v) is 2.99. The largest absolute Gasteiger partial charge is 0.366 e. The number of nitrogens with zero attached hydrogens (tertiary/aromatic N) is 3. The molecule has 0 bridgehead atoms. The fraction of sp³-hybridized carbons (Fsp3) is 0.222. The zero-order valence-corrected chi connectivity index (χ0v) is 15.2. The van der Waals surface area contributed by atoms with E-state index in [9.17, 15) is 9.18 Å². The number of carbonyl (C=O) groups excluding carboxylic acids is 1. The molecule has 0 fully saturated rings. The lowest BCUT2D eigenvalue weighted by molar-refractivity contribution is 0.1000. The summed E-state index contributed by atoms with van der Waals surface area (Å²) in [7, 11) is 0. The van der Waals surface area contributed by atoms with Gasteiger partial charge in [0.2, 0.25) is 11.0 Å². The number of primary amides is 1. The number of pyridine rings is 1. The average Bonchev–Trinajstić information content (AvgIpc) is 3.10. The van der Waals surface area contributed by atoms with Crippen LogP contribution in [0.5, 0.6) is 0 Å². The molecule has 3 N–H and O–H groups in total. The van der Waals surface area contributed by atoms with Gasteiger partial charge in [-0.2, -0.15) is 9.36 Å². The van der Waals surface area contributed by atoms with Crippen LogP contribution in [0.25, 0.3) is 11.4 Å². The van der Waals surface area contributed by atoms with Gasteiger partial charge >= 0.3 is 0 Å². The van der Waals surface area contributed by atoms with Gasteiger partial charge in [-0.3, -0.25) is 9.78 Å². The van der Waals surface area contributed by atoms with Gasteiger partial charge in [0.05, 0.1) is 5.56 Å². The molecule has 2 heterocycles. The number of benzene rings is 1. The quantitative estimate of drug-likeness (QED) is 0.694. The van der Waals surface area contributed by atoms with E-state index in [1.807, 2.05) is 0 Å². The van der Waals surface area contributed by atoms with Crippen molar-refractivity contribution in [2.24, 2.45) is 5.73 Å². The number of hydrogen-bond acceptors (Lipinski definition) is 6. The molecule has 6 nitrogen and oxygen atoms in total. The van der Waals surface area contributed by atoms with E-state index in [-0.39, 0.29) is 11.2 Å². The van der Waals surface area contributed by atoms with E-state index < -0.39 is 5.91 Å². The van der Waals surface area contributed by atoms with Crippen LogP contribution < -0.4 is 11.1 Å². The number of nitrogens with one attached hydrogen (secondary N) is 1. The summed E-state index contributed by atoms with van der Waals surface area (Å²) in [6.07, 6.45) is 2.99. The Morgan fingerprint density at radius 3 is 2.69 bits per heavy atom. The van der Waals surface area contributed by atoms with Crippen LogP contribution in [0.1, 0.15) is 29.8 Å². The molecule has 0 saturated carbocycles. The van der Waals surface area contributed by atoms with Gasteiger partial charge < -0.3 is 11.1 Å². The van der Waals surface area contributed by atoms with Gasteiger partial charge in [0.1, 0.15) is 5.82 Å². The van der Waals surface area contributed by atoms with Crippen LogP contribution in [-0.4, -0.2) is 26.8 Å². The number of anilines is 1. The number of hydrogen-bond donors (Lipinski definition) is 2. The number of halogens is 1. The first-order valence-electron chi connectivity index (χ1n) is 7.94. The molecule has 2 aromatic heterocycles. The summed E-state index contributed by atoms with van der Waals surface area (Å²) in [6, 6.07) is 8.09. The molecule has 3 aromatic rings. The predicted octanol–water partition coefficient (Wildman–Crippen LogP) is 3.23. The molecule has 0 atom stereocenters. The second-order valence-corrected chi connectivity index (χ2v) is 7.25. The van der Waals surface area contributed by atoms with Crippen LogP contribution in [-0.2, 0) is 5.41 Å². The summed E-state index contributed by atoms with van der Waals surface area (Å²) in [4.78, 5) is 19.7. The van der Waals surface area contributed by atoms with Crippen LogP contribution >= 0.6 is 11.5 Å². The minimum absolute atomic E-state index is 0.215. The maximum absolute atomic E-state index is 13.1.